The van der Waals surface area contributed by atoms with Crippen LogP contribution in [0.2, 0.25) is 0 Å². The molecule has 0 aromatic rings. The van der Waals surface area contributed by atoms with Crippen LogP contribution in [-0.4, -0.2) is 48.1 Å². The molecule has 0 bridgehead atoms. The third-order valence-corrected chi connectivity index (χ3v) is 3.63. The van der Waals surface area contributed by atoms with E-state index in [4.69, 9.17) is 4.74 Å². The Morgan fingerprint density at radius 1 is 1.37 bits per heavy atom. The SMILES string of the molecule is CCC(COC)N1C(=O)C(C)(C)NC(=O)C1C(C)C. The molecular formula is C14H26N2O3. The summed E-state index contributed by atoms with van der Waals surface area (Å²) in [7, 11) is 1.62. The number of carbonyl (C=O) groups excluding carboxylic acids is 2. The predicted octanol–water partition coefficient (Wildman–Crippen LogP) is 1.17. The van der Waals surface area contributed by atoms with Gasteiger partial charge in [-0.25, -0.2) is 0 Å². The first-order valence-corrected chi connectivity index (χ1v) is 6.90. The molecule has 1 aliphatic heterocycles. The van der Waals surface area contributed by atoms with E-state index in [9.17, 15) is 9.59 Å². The highest BCUT2D eigenvalue weighted by Crippen LogP contribution is 2.26. The Kier molecular flexibility index (Phi) is 4.96. The van der Waals surface area contributed by atoms with Crippen molar-refractivity contribution < 1.29 is 14.3 Å². The van der Waals surface area contributed by atoms with Gasteiger partial charge in [-0.05, 0) is 26.2 Å². The summed E-state index contributed by atoms with van der Waals surface area (Å²) < 4.78 is 5.20. The van der Waals surface area contributed by atoms with Crippen LogP contribution in [0.5, 0.6) is 0 Å². The van der Waals surface area contributed by atoms with E-state index in [1.807, 2.05) is 20.8 Å². The second-order valence-corrected chi connectivity index (χ2v) is 6.03. The van der Waals surface area contributed by atoms with Crippen molar-refractivity contribution in [3.8, 4) is 0 Å². The monoisotopic (exact) mass is 270 g/mol. The van der Waals surface area contributed by atoms with Crippen molar-refractivity contribution in [2.24, 2.45) is 5.92 Å². The molecule has 0 saturated carbocycles. The van der Waals surface area contributed by atoms with Gasteiger partial charge in [0.2, 0.25) is 11.8 Å². The lowest BCUT2D eigenvalue weighted by molar-refractivity contribution is -0.160. The van der Waals surface area contributed by atoms with E-state index < -0.39 is 11.6 Å². The molecule has 5 heteroatoms. The normalized spacial score (nSPS) is 24.6. The molecule has 2 unspecified atom stereocenters. The maximum Gasteiger partial charge on any atom is 0.248 e. The molecule has 0 aliphatic carbocycles. The molecule has 19 heavy (non-hydrogen) atoms. The Morgan fingerprint density at radius 2 is 1.95 bits per heavy atom. The van der Waals surface area contributed by atoms with Crippen LogP contribution >= 0.6 is 0 Å². The molecule has 0 spiro atoms. The average molecular weight is 270 g/mol. The number of carbonyl (C=O) groups is 2. The van der Waals surface area contributed by atoms with Crippen LogP contribution in [0, 0.1) is 5.92 Å². The third kappa shape index (κ3) is 3.08. The minimum atomic E-state index is -0.844. The Bertz CT molecular complexity index is 353. The summed E-state index contributed by atoms with van der Waals surface area (Å²) >= 11 is 0. The van der Waals surface area contributed by atoms with Crippen LogP contribution in [-0.2, 0) is 14.3 Å². The van der Waals surface area contributed by atoms with Crippen molar-refractivity contribution in [3.63, 3.8) is 0 Å². The van der Waals surface area contributed by atoms with Gasteiger partial charge in [0.05, 0.1) is 12.6 Å². The van der Waals surface area contributed by atoms with Crippen molar-refractivity contribution in [2.75, 3.05) is 13.7 Å². The van der Waals surface area contributed by atoms with Crippen molar-refractivity contribution in [1.29, 1.82) is 0 Å². The van der Waals surface area contributed by atoms with Crippen molar-refractivity contribution in [3.05, 3.63) is 0 Å². The molecule has 2 amide bonds. The lowest BCUT2D eigenvalue weighted by atomic mass is 9.89. The average Bonchev–Trinajstić information content (AvgIpc) is 2.29. The summed E-state index contributed by atoms with van der Waals surface area (Å²) in [6.45, 7) is 9.88. The minimum absolute atomic E-state index is 0.0327. The Morgan fingerprint density at radius 3 is 2.37 bits per heavy atom. The highest BCUT2D eigenvalue weighted by Gasteiger charge is 2.48. The lowest BCUT2D eigenvalue weighted by Gasteiger charge is -2.47. The fourth-order valence-corrected chi connectivity index (χ4v) is 2.61. The number of rotatable bonds is 5. The zero-order valence-electron chi connectivity index (χ0n) is 12.8. The van der Waals surface area contributed by atoms with Gasteiger partial charge >= 0.3 is 0 Å². The molecule has 1 fully saturated rings. The molecule has 1 heterocycles. The molecule has 110 valence electrons. The van der Waals surface area contributed by atoms with Crippen molar-refractivity contribution in [2.45, 2.75) is 58.7 Å². The first-order valence-electron chi connectivity index (χ1n) is 6.90. The maximum absolute atomic E-state index is 12.6. The van der Waals surface area contributed by atoms with Crippen molar-refractivity contribution in [1.82, 2.24) is 10.2 Å². The molecule has 0 aromatic heterocycles. The van der Waals surface area contributed by atoms with Gasteiger partial charge < -0.3 is 15.0 Å². The number of piperazine rings is 1. The number of amides is 2. The van der Waals surface area contributed by atoms with Gasteiger partial charge in [0, 0.05) is 7.11 Å². The molecule has 0 radical (unpaired) electrons. The Balaban J connectivity index is 3.15. The van der Waals surface area contributed by atoms with E-state index in [1.165, 1.54) is 0 Å². The van der Waals surface area contributed by atoms with Crippen LogP contribution in [0.25, 0.3) is 0 Å². The van der Waals surface area contributed by atoms with Crippen LogP contribution in [0.4, 0.5) is 0 Å². The van der Waals surface area contributed by atoms with Gasteiger partial charge in [0.15, 0.2) is 0 Å². The smallest absolute Gasteiger partial charge is 0.248 e. The summed E-state index contributed by atoms with van der Waals surface area (Å²) in [5, 5.41) is 2.82. The first kappa shape index (κ1) is 16.0. The van der Waals surface area contributed by atoms with Crippen molar-refractivity contribution >= 4 is 11.8 Å². The highest BCUT2D eigenvalue weighted by atomic mass is 16.5. The number of ether oxygens (including phenoxy) is 1. The topological polar surface area (TPSA) is 58.6 Å². The molecule has 2 atom stereocenters. The second-order valence-electron chi connectivity index (χ2n) is 6.03. The summed E-state index contributed by atoms with van der Waals surface area (Å²) in [5.74, 6) is -0.0326. The zero-order chi connectivity index (χ0) is 14.8. The summed E-state index contributed by atoms with van der Waals surface area (Å²) in [6, 6.07) is -0.476. The van der Waals surface area contributed by atoms with Gasteiger partial charge in [-0.1, -0.05) is 20.8 Å². The van der Waals surface area contributed by atoms with E-state index in [0.29, 0.717) is 6.61 Å². The van der Waals surface area contributed by atoms with Gasteiger partial charge in [-0.2, -0.15) is 0 Å². The fraction of sp³-hybridized carbons (Fsp3) is 0.857. The molecule has 1 aliphatic rings. The standard InChI is InChI=1S/C14H26N2O3/c1-7-10(8-19-6)16-11(9(2)3)12(17)15-14(4,5)13(16)18/h9-11H,7-8H2,1-6H3,(H,15,17). The van der Waals surface area contributed by atoms with Crippen LogP contribution in [0.1, 0.15) is 41.0 Å². The third-order valence-electron chi connectivity index (χ3n) is 3.63. The van der Waals surface area contributed by atoms with E-state index in [-0.39, 0.29) is 23.8 Å². The minimum Gasteiger partial charge on any atom is -0.383 e. The number of nitrogens with zero attached hydrogens (tertiary/aromatic N) is 1. The maximum atomic E-state index is 12.6. The Labute approximate surface area is 115 Å². The largest absolute Gasteiger partial charge is 0.383 e. The fourth-order valence-electron chi connectivity index (χ4n) is 2.61. The molecule has 1 N–H and O–H groups in total. The predicted molar refractivity (Wildman–Crippen MR) is 73.6 cm³/mol. The molecule has 1 rings (SSSR count). The van der Waals surface area contributed by atoms with E-state index in [1.54, 1.807) is 25.9 Å². The summed E-state index contributed by atoms with van der Waals surface area (Å²) in [6.07, 6.45) is 0.770. The van der Waals surface area contributed by atoms with E-state index in [2.05, 4.69) is 5.32 Å². The number of methoxy groups -OCH3 is 1. The van der Waals surface area contributed by atoms with E-state index in [0.717, 1.165) is 6.42 Å². The Hall–Kier alpha value is -1.10. The number of hydrogen-bond donors (Lipinski definition) is 1. The lowest BCUT2D eigenvalue weighted by Crippen LogP contribution is -2.71. The van der Waals surface area contributed by atoms with E-state index >= 15 is 0 Å². The van der Waals surface area contributed by atoms with Gasteiger partial charge in [-0.15, -0.1) is 0 Å². The van der Waals surface area contributed by atoms with Gasteiger partial charge in [0.25, 0.3) is 0 Å². The number of hydrogen-bond acceptors (Lipinski definition) is 3. The van der Waals surface area contributed by atoms with Crippen LogP contribution in [0.3, 0.4) is 0 Å². The summed E-state index contributed by atoms with van der Waals surface area (Å²) in [5.41, 5.74) is -0.844. The molecule has 0 aromatic carbocycles. The highest BCUT2D eigenvalue weighted by molar-refractivity contribution is 5.99. The first-order chi connectivity index (χ1) is 8.76. The second kappa shape index (κ2) is 5.90. The van der Waals surface area contributed by atoms with Crippen LogP contribution in [0.15, 0.2) is 0 Å². The van der Waals surface area contributed by atoms with Crippen LogP contribution < -0.4 is 5.32 Å². The van der Waals surface area contributed by atoms with Gasteiger partial charge in [-0.3, -0.25) is 9.59 Å². The van der Waals surface area contributed by atoms with Gasteiger partial charge in [0.1, 0.15) is 11.6 Å². The molecule has 1 saturated heterocycles. The zero-order valence-corrected chi connectivity index (χ0v) is 12.8. The summed E-state index contributed by atoms with van der Waals surface area (Å²) in [4.78, 5) is 26.7. The number of nitrogens with one attached hydrogen (secondary N) is 1. The molecule has 5 nitrogen and oxygen atoms in total. The molecular weight excluding hydrogens is 244 g/mol. The quantitative estimate of drug-likeness (QED) is 0.816.